The lowest BCUT2D eigenvalue weighted by Gasteiger charge is -2.00. The third-order valence-electron chi connectivity index (χ3n) is 2.24. The maximum absolute atomic E-state index is 13.1. The molecule has 0 aliphatic carbocycles. The Balaban J connectivity index is 2.41. The summed E-state index contributed by atoms with van der Waals surface area (Å²) in [6.07, 6.45) is 3.15. The normalized spacial score (nSPS) is 10.4. The van der Waals surface area contributed by atoms with Gasteiger partial charge in [0.15, 0.2) is 0 Å². The summed E-state index contributed by atoms with van der Waals surface area (Å²) in [5, 5.41) is 0. The molecule has 0 atom stereocenters. The summed E-state index contributed by atoms with van der Waals surface area (Å²) >= 11 is 0. The predicted molar refractivity (Wildman–Crippen MR) is 57.8 cm³/mol. The van der Waals surface area contributed by atoms with E-state index in [1.54, 1.807) is 37.1 Å². The molecule has 1 aromatic carbocycles. The first-order valence-corrected chi connectivity index (χ1v) is 4.86. The number of benzene rings is 1. The van der Waals surface area contributed by atoms with Crippen molar-refractivity contribution in [3.05, 3.63) is 53.4 Å². The molecule has 0 spiro atoms. The predicted octanol–water partition coefficient (Wildman–Crippen LogP) is 2.10. The van der Waals surface area contributed by atoms with E-state index in [9.17, 15) is 9.18 Å². The van der Waals surface area contributed by atoms with Crippen LogP contribution in [0.25, 0.3) is 0 Å². The molecule has 0 amide bonds. The molecule has 0 fully saturated rings. The van der Waals surface area contributed by atoms with Crippen molar-refractivity contribution in [2.45, 2.75) is 6.92 Å². The van der Waals surface area contributed by atoms with E-state index in [-0.39, 0.29) is 5.78 Å². The summed E-state index contributed by atoms with van der Waals surface area (Å²) in [6.45, 7) is 1.75. The largest absolute Gasteiger partial charge is 0.340 e. The molecule has 16 heavy (non-hydrogen) atoms. The smallest absolute Gasteiger partial charge is 0.213 e. The van der Waals surface area contributed by atoms with Gasteiger partial charge >= 0.3 is 0 Å². The quantitative estimate of drug-likeness (QED) is 0.723. The van der Waals surface area contributed by atoms with Gasteiger partial charge in [0.05, 0.1) is 6.33 Å². The van der Waals surface area contributed by atoms with Gasteiger partial charge in [-0.2, -0.15) is 0 Å². The van der Waals surface area contributed by atoms with Gasteiger partial charge in [0, 0.05) is 18.8 Å². The number of hydrogen-bond acceptors (Lipinski definition) is 2. The van der Waals surface area contributed by atoms with Crippen LogP contribution in [0.5, 0.6) is 0 Å². The van der Waals surface area contributed by atoms with Crippen LogP contribution < -0.4 is 0 Å². The Morgan fingerprint density at radius 1 is 1.38 bits per heavy atom. The van der Waals surface area contributed by atoms with E-state index in [4.69, 9.17) is 0 Å². The van der Waals surface area contributed by atoms with Crippen molar-refractivity contribution in [3.8, 4) is 0 Å². The average Bonchev–Trinajstić information content (AvgIpc) is 2.62. The van der Waals surface area contributed by atoms with Crippen molar-refractivity contribution in [3.63, 3.8) is 0 Å². The van der Waals surface area contributed by atoms with E-state index < -0.39 is 5.82 Å². The van der Waals surface area contributed by atoms with Gasteiger partial charge in [-0.3, -0.25) is 4.79 Å². The van der Waals surface area contributed by atoms with Gasteiger partial charge in [0.1, 0.15) is 11.5 Å². The molecular formula is C12H11FN2O. The SMILES string of the molecule is Cc1cc(F)cc(C(=O)c2cn(C)cn2)c1. The monoisotopic (exact) mass is 218 g/mol. The molecule has 3 nitrogen and oxygen atoms in total. The molecule has 0 unspecified atom stereocenters. The van der Waals surface area contributed by atoms with E-state index in [1.165, 1.54) is 12.1 Å². The molecule has 0 N–H and O–H groups in total. The molecule has 2 rings (SSSR count). The number of hydrogen-bond donors (Lipinski definition) is 0. The Kier molecular flexibility index (Phi) is 2.56. The number of halogens is 1. The third-order valence-corrected chi connectivity index (χ3v) is 2.24. The Labute approximate surface area is 92.5 Å². The first-order valence-electron chi connectivity index (χ1n) is 4.86. The summed E-state index contributed by atoms with van der Waals surface area (Å²) in [5.74, 6) is -0.664. The van der Waals surface area contributed by atoms with Crippen LogP contribution in [0.3, 0.4) is 0 Å². The summed E-state index contributed by atoms with van der Waals surface area (Å²) in [6, 6.07) is 4.26. The van der Waals surface area contributed by atoms with Crippen molar-refractivity contribution in [1.82, 2.24) is 9.55 Å². The zero-order valence-electron chi connectivity index (χ0n) is 9.07. The van der Waals surface area contributed by atoms with Gasteiger partial charge in [-0.1, -0.05) is 0 Å². The van der Waals surface area contributed by atoms with Crippen molar-refractivity contribution in [2.75, 3.05) is 0 Å². The van der Waals surface area contributed by atoms with Gasteiger partial charge in [0.2, 0.25) is 5.78 Å². The van der Waals surface area contributed by atoms with E-state index in [0.717, 1.165) is 5.56 Å². The van der Waals surface area contributed by atoms with Crippen LogP contribution in [0.1, 0.15) is 21.6 Å². The molecule has 0 aliphatic heterocycles. The van der Waals surface area contributed by atoms with Gasteiger partial charge < -0.3 is 4.57 Å². The van der Waals surface area contributed by atoms with Crippen LogP contribution in [0.2, 0.25) is 0 Å². The second kappa shape index (κ2) is 3.89. The minimum absolute atomic E-state index is 0.261. The molecule has 0 saturated carbocycles. The van der Waals surface area contributed by atoms with E-state index in [1.807, 2.05) is 0 Å². The lowest BCUT2D eigenvalue weighted by atomic mass is 10.1. The maximum Gasteiger partial charge on any atom is 0.213 e. The first-order chi connectivity index (χ1) is 7.56. The summed E-state index contributed by atoms with van der Waals surface area (Å²) in [5.41, 5.74) is 1.38. The lowest BCUT2D eigenvalue weighted by Crippen LogP contribution is -2.02. The summed E-state index contributed by atoms with van der Waals surface area (Å²) < 4.78 is 14.8. The van der Waals surface area contributed by atoms with Crippen LogP contribution in [0.15, 0.2) is 30.7 Å². The maximum atomic E-state index is 13.1. The highest BCUT2D eigenvalue weighted by atomic mass is 19.1. The average molecular weight is 218 g/mol. The number of ketones is 1. The number of aromatic nitrogens is 2. The highest BCUT2D eigenvalue weighted by Crippen LogP contribution is 2.12. The van der Waals surface area contributed by atoms with Gasteiger partial charge in [0.25, 0.3) is 0 Å². The van der Waals surface area contributed by atoms with Gasteiger partial charge in [-0.05, 0) is 30.7 Å². The first kappa shape index (κ1) is 10.5. The number of carbonyl (C=O) groups excluding carboxylic acids is 1. The molecule has 0 radical (unpaired) electrons. The molecule has 0 saturated heterocycles. The fourth-order valence-corrected chi connectivity index (χ4v) is 1.55. The van der Waals surface area contributed by atoms with Crippen molar-refractivity contribution in [2.24, 2.45) is 7.05 Å². The van der Waals surface area contributed by atoms with Crippen molar-refractivity contribution in [1.29, 1.82) is 0 Å². The Bertz CT molecular complexity index is 525. The molecule has 82 valence electrons. The Hall–Kier alpha value is -1.97. The highest BCUT2D eigenvalue weighted by Gasteiger charge is 2.12. The molecule has 4 heteroatoms. The molecule has 0 bridgehead atoms. The fraction of sp³-hybridized carbons (Fsp3) is 0.167. The van der Waals surface area contributed by atoms with Crippen LogP contribution in [-0.4, -0.2) is 15.3 Å². The van der Waals surface area contributed by atoms with E-state index in [2.05, 4.69) is 4.98 Å². The van der Waals surface area contributed by atoms with Crippen LogP contribution >= 0.6 is 0 Å². The molecule has 1 aromatic heterocycles. The Morgan fingerprint density at radius 2 is 2.12 bits per heavy atom. The number of rotatable bonds is 2. The zero-order valence-corrected chi connectivity index (χ0v) is 9.07. The van der Waals surface area contributed by atoms with Crippen molar-refractivity contribution >= 4 is 5.78 Å². The zero-order chi connectivity index (χ0) is 11.7. The number of nitrogens with zero attached hydrogens (tertiary/aromatic N) is 2. The van der Waals surface area contributed by atoms with Crippen molar-refractivity contribution < 1.29 is 9.18 Å². The van der Waals surface area contributed by atoms with Gasteiger partial charge in [-0.15, -0.1) is 0 Å². The summed E-state index contributed by atoms with van der Waals surface area (Å²) in [4.78, 5) is 15.9. The minimum atomic E-state index is -0.403. The molecule has 0 aliphatic rings. The second-order valence-electron chi connectivity index (χ2n) is 3.77. The lowest BCUT2D eigenvalue weighted by molar-refractivity contribution is 0.103. The van der Waals surface area contributed by atoms with Crippen LogP contribution in [0, 0.1) is 12.7 Å². The Morgan fingerprint density at radius 3 is 2.69 bits per heavy atom. The second-order valence-corrected chi connectivity index (χ2v) is 3.77. The number of imidazole rings is 1. The van der Waals surface area contributed by atoms with E-state index >= 15 is 0 Å². The van der Waals surface area contributed by atoms with Crippen LogP contribution in [-0.2, 0) is 7.05 Å². The molecule has 1 heterocycles. The third kappa shape index (κ3) is 2.00. The number of carbonyl (C=O) groups is 1. The highest BCUT2D eigenvalue weighted by molar-refractivity contribution is 6.07. The van der Waals surface area contributed by atoms with Gasteiger partial charge in [-0.25, -0.2) is 9.37 Å². The molecular weight excluding hydrogens is 207 g/mol. The fourth-order valence-electron chi connectivity index (χ4n) is 1.55. The van der Waals surface area contributed by atoms with Crippen LogP contribution in [0.4, 0.5) is 4.39 Å². The standard InChI is InChI=1S/C12H11FN2O/c1-8-3-9(5-10(13)4-8)12(16)11-6-15(2)7-14-11/h3-7H,1-2H3. The molecule has 2 aromatic rings. The number of aryl methyl sites for hydroxylation is 2. The minimum Gasteiger partial charge on any atom is -0.340 e. The topological polar surface area (TPSA) is 34.9 Å². The van der Waals surface area contributed by atoms with E-state index in [0.29, 0.717) is 11.3 Å². The summed E-state index contributed by atoms with van der Waals surface area (Å²) in [7, 11) is 1.78.